The fourth-order valence-corrected chi connectivity index (χ4v) is 1.33. The lowest BCUT2D eigenvalue weighted by molar-refractivity contribution is -0.00508. The second-order valence-corrected chi connectivity index (χ2v) is 4.03. The van der Waals surface area contributed by atoms with Gasteiger partial charge in [0.05, 0.1) is 0 Å². The minimum Gasteiger partial charge on any atom is -0.381 e. The molecule has 0 heterocycles. The Morgan fingerprint density at radius 1 is 0.647 bits per heavy atom. The Labute approximate surface area is 105 Å². The quantitative estimate of drug-likeness (QED) is 0.379. The molecule has 0 spiro atoms. The van der Waals surface area contributed by atoms with Gasteiger partial charge >= 0.3 is 0 Å². The fraction of sp³-hybridized carbons (Fsp3) is 1.00. The summed E-state index contributed by atoms with van der Waals surface area (Å²) in [6, 6.07) is 0. The van der Waals surface area contributed by atoms with Crippen LogP contribution in [0.1, 0.15) is 45.4 Å². The van der Waals surface area contributed by atoms with Crippen molar-refractivity contribution in [2.75, 3.05) is 39.8 Å². The molecule has 4 nitrogen and oxygen atoms in total. The van der Waals surface area contributed by atoms with Crippen molar-refractivity contribution in [2.45, 2.75) is 45.4 Å². The topological polar surface area (TPSA) is 47.9 Å². The van der Waals surface area contributed by atoms with Crippen molar-refractivity contribution < 1.29 is 19.3 Å². The van der Waals surface area contributed by atoms with Crippen molar-refractivity contribution >= 4 is 0 Å². The van der Waals surface area contributed by atoms with Crippen LogP contribution in [0.3, 0.4) is 0 Å². The lowest BCUT2D eigenvalue weighted by atomic mass is 10.3. The van der Waals surface area contributed by atoms with Gasteiger partial charge in [-0.25, -0.2) is 0 Å². The van der Waals surface area contributed by atoms with Crippen LogP contribution in [-0.2, 0) is 14.2 Å². The third-order valence-corrected chi connectivity index (χ3v) is 2.39. The second kappa shape index (κ2) is 15.8. The molecular formula is C13H28O4. The van der Waals surface area contributed by atoms with Crippen LogP contribution in [0.4, 0.5) is 0 Å². The number of hydrogen-bond acceptors (Lipinski definition) is 4. The Bertz CT molecular complexity index is 117. The zero-order chi connectivity index (χ0) is 12.6. The molecule has 1 N–H and O–H groups in total. The summed E-state index contributed by atoms with van der Waals surface area (Å²) < 4.78 is 15.7. The molecular weight excluding hydrogens is 220 g/mol. The molecule has 0 aliphatic rings. The predicted octanol–water partition coefficient (Wildman–Crippen LogP) is 2.35. The average molecular weight is 248 g/mol. The van der Waals surface area contributed by atoms with E-state index in [1.54, 1.807) is 0 Å². The van der Waals surface area contributed by atoms with Gasteiger partial charge in [-0.05, 0) is 32.1 Å². The molecule has 0 aliphatic carbocycles. The highest BCUT2D eigenvalue weighted by Crippen LogP contribution is 1.96. The van der Waals surface area contributed by atoms with E-state index in [1.807, 2.05) is 0 Å². The third kappa shape index (κ3) is 15.8. The van der Waals surface area contributed by atoms with E-state index >= 15 is 0 Å². The Kier molecular flexibility index (Phi) is 15.7. The molecule has 17 heavy (non-hydrogen) atoms. The lowest BCUT2D eigenvalue weighted by Gasteiger charge is -2.05. The second-order valence-electron chi connectivity index (χ2n) is 4.03. The average Bonchev–Trinajstić information content (AvgIpc) is 2.35. The van der Waals surface area contributed by atoms with Crippen LogP contribution in [0.5, 0.6) is 0 Å². The van der Waals surface area contributed by atoms with E-state index in [2.05, 4.69) is 6.92 Å². The Balaban J connectivity index is 2.85. The van der Waals surface area contributed by atoms with Gasteiger partial charge in [-0.1, -0.05) is 13.3 Å². The zero-order valence-electron chi connectivity index (χ0n) is 11.2. The first-order chi connectivity index (χ1) is 8.41. The van der Waals surface area contributed by atoms with Gasteiger partial charge in [0.2, 0.25) is 0 Å². The first-order valence-corrected chi connectivity index (χ1v) is 6.76. The summed E-state index contributed by atoms with van der Waals surface area (Å²) in [7, 11) is 0. The van der Waals surface area contributed by atoms with E-state index in [9.17, 15) is 0 Å². The van der Waals surface area contributed by atoms with Gasteiger partial charge in [-0.2, -0.15) is 0 Å². The van der Waals surface area contributed by atoms with Crippen LogP contribution >= 0.6 is 0 Å². The highest BCUT2D eigenvalue weighted by atomic mass is 16.6. The van der Waals surface area contributed by atoms with Gasteiger partial charge in [0.15, 0.2) is 0 Å². The van der Waals surface area contributed by atoms with Crippen molar-refractivity contribution in [3.63, 3.8) is 0 Å². The Hall–Kier alpha value is -0.160. The summed E-state index contributed by atoms with van der Waals surface area (Å²) in [4.78, 5) is 0. The van der Waals surface area contributed by atoms with Gasteiger partial charge in [-0.3, -0.25) is 0 Å². The Morgan fingerprint density at radius 3 is 1.47 bits per heavy atom. The summed E-state index contributed by atoms with van der Waals surface area (Å²) in [5.41, 5.74) is 0. The molecule has 0 fully saturated rings. The normalized spacial score (nSPS) is 10.9. The van der Waals surface area contributed by atoms with E-state index in [0.717, 1.165) is 58.5 Å². The van der Waals surface area contributed by atoms with Gasteiger partial charge in [-0.15, -0.1) is 0 Å². The van der Waals surface area contributed by atoms with E-state index in [-0.39, 0.29) is 6.79 Å². The van der Waals surface area contributed by atoms with Crippen molar-refractivity contribution in [3.05, 3.63) is 0 Å². The van der Waals surface area contributed by atoms with Crippen LogP contribution in [-0.4, -0.2) is 44.9 Å². The predicted molar refractivity (Wildman–Crippen MR) is 68.1 cm³/mol. The van der Waals surface area contributed by atoms with Crippen molar-refractivity contribution in [1.82, 2.24) is 0 Å². The lowest BCUT2D eigenvalue weighted by Crippen LogP contribution is -2.02. The van der Waals surface area contributed by atoms with Crippen LogP contribution < -0.4 is 0 Å². The number of unbranched alkanes of at least 4 members (excludes halogenated alkanes) is 3. The van der Waals surface area contributed by atoms with Crippen molar-refractivity contribution in [2.24, 2.45) is 0 Å². The molecule has 0 radical (unpaired) electrons. The molecule has 4 heteroatoms. The molecule has 0 bridgehead atoms. The number of aliphatic hydroxyl groups is 1. The highest BCUT2D eigenvalue weighted by molar-refractivity contribution is 4.41. The smallest absolute Gasteiger partial charge is 0.143 e. The molecule has 0 rings (SSSR count). The first kappa shape index (κ1) is 16.8. The molecule has 0 atom stereocenters. The van der Waals surface area contributed by atoms with Gasteiger partial charge in [0, 0.05) is 33.0 Å². The molecule has 0 saturated heterocycles. The standard InChI is InChI=1S/C13H28O4/c1-2-3-8-15-9-4-5-10-16-11-6-7-12-17-13-14/h14H,2-13H2,1H3. The molecule has 0 aromatic heterocycles. The fourth-order valence-electron chi connectivity index (χ4n) is 1.33. The molecule has 0 aromatic rings. The summed E-state index contributed by atoms with van der Waals surface area (Å²) in [5.74, 6) is 0. The molecule has 0 amide bonds. The van der Waals surface area contributed by atoms with E-state index in [4.69, 9.17) is 19.3 Å². The molecule has 0 unspecified atom stereocenters. The molecule has 0 saturated carbocycles. The third-order valence-electron chi connectivity index (χ3n) is 2.39. The molecule has 104 valence electrons. The van der Waals surface area contributed by atoms with E-state index < -0.39 is 0 Å². The van der Waals surface area contributed by atoms with Gasteiger partial charge < -0.3 is 19.3 Å². The van der Waals surface area contributed by atoms with Crippen LogP contribution in [0.15, 0.2) is 0 Å². The minimum absolute atomic E-state index is 0.182. The number of ether oxygens (including phenoxy) is 3. The maximum absolute atomic E-state index is 8.38. The number of hydrogen-bond donors (Lipinski definition) is 1. The SMILES string of the molecule is CCCCOCCCCOCCCCOCO. The zero-order valence-corrected chi connectivity index (χ0v) is 11.2. The van der Waals surface area contributed by atoms with Gasteiger partial charge in [0.25, 0.3) is 0 Å². The maximum Gasteiger partial charge on any atom is 0.143 e. The summed E-state index contributed by atoms with van der Waals surface area (Å²) in [6.45, 7) is 5.95. The van der Waals surface area contributed by atoms with E-state index in [1.165, 1.54) is 6.42 Å². The largest absolute Gasteiger partial charge is 0.381 e. The Morgan fingerprint density at radius 2 is 1.06 bits per heavy atom. The number of rotatable bonds is 14. The highest BCUT2D eigenvalue weighted by Gasteiger charge is 1.92. The monoisotopic (exact) mass is 248 g/mol. The van der Waals surface area contributed by atoms with Gasteiger partial charge in [0.1, 0.15) is 6.79 Å². The molecule has 0 aliphatic heterocycles. The first-order valence-electron chi connectivity index (χ1n) is 6.76. The summed E-state index contributed by atoms with van der Waals surface area (Å²) in [6.07, 6.45) is 6.44. The number of aliphatic hydroxyl groups excluding tert-OH is 1. The summed E-state index contributed by atoms with van der Waals surface area (Å²) in [5, 5.41) is 8.38. The summed E-state index contributed by atoms with van der Waals surface area (Å²) >= 11 is 0. The maximum atomic E-state index is 8.38. The van der Waals surface area contributed by atoms with Crippen LogP contribution in [0, 0.1) is 0 Å². The van der Waals surface area contributed by atoms with Crippen LogP contribution in [0.2, 0.25) is 0 Å². The van der Waals surface area contributed by atoms with Crippen molar-refractivity contribution in [3.8, 4) is 0 Å². The van der Waals surface area contributed by atoms with E-state index in [0.29, 0.717) is 6.61 Å². The minimum atomic E-state index is -0.182. The molecule has 0 aromatic carbocycles. The van der Waals surface area contributed by atoms with Crippen LogP contribution in [0.25, 0.3) is 0 Å². The van der Waals surface area contributed by atoms with Crippen molar-refractivity contribution in [1.29, 1.82) is 0 Å².